The van der Waals surface area contributed by atoms with E-state index in [1.807, 2.05) is 12.2 Å². The minimum Gasteiger partial charge on any atom is -0.282 e. The smallest absolute Gasteiger partial charge is 0.0472 e. The normalized spacial score (nSPS) is 26.5. The van der Waals surface area contributed by atoms with Gasteiger partial charge in [0.15, 0.2) is 0 Å². The number of hydrazone groups is 1. The second-order valence-electron chi connectivity index (χ2n) is 3.36. The first-order chi connectivity index (χ1) is 6.47. The third-order valence-electron chi connectivity index (χ3n) is 2.39. The Morgan fingerprint density at radius 1 is 1.38 bits per heavy atom. The topological polar surface area (TPSA) is 24.4 Å². The lowest BCUT2D eigenvalue weighted by Gasteiger charge is -2.18. The van der Waals surface area contributed by atoms with Gasteiger partial charge in [0, 0.05) is 17.8 Å². The fraction of sp³-hybridized carbons (Fsp3) is 0.364. The minimum absolute atomic E-state index is 0.536. The third kappa shape index (κ3) is 2.08. The lowest BCUT2D eigenvalue weighted by atomic mass is 9.93. The molecule has 0 bridgehead atoms. The highest BCUT2D eigenvalue weighted by molar-refractivity contribution is 5.71. The van der Waals surface area contributed by atoms with Crippen molar-refractivity contribution >= 4 is 6.21 Å². The van der Waals surface area contributed by atoms with Gasteiger partial charge in [0.05, 0.1) is 0 Å². The molecule has 0 aromatic carbocycles. The Morgan fingerprint density at radius 3 is 3.23 bits per heavy atom. The third-order valence-corrected chi connectivity index (χ3v) is 2.39. The monoisotopic (exact) mass is 174 g/mol. The van der Waals surface area contributed by atoms with E-state index >= 15 is 0 Å². The molecule has 1 aliphatic carbocycles. The van der Waals surface area contributed by atoms with Crippen molar-refractivity contribution in [2.75, 3.05) is 0 Å². The lowest BCUT2D eigenvalue weighted by molar-refractivity contribution is 0.571. The fourth-order valence-corrected chi connectivity index (χ4v) is 1.68. The lowest BCUT2D eigenvalue weighted by Crippen LogP contribution is -2.15. The van der Waals surface area contributed by atoms with Crippen molar-refractivity contribution in [1.29, 1.82) is 0 Å². The molecule has 0 amide bonds. The summed E-state index contributed by atoms with van der Waals surface area (Å²) in [5.41, 5.74) is 4.28. The molecule has 1 aliphatic heterocycles. The average Bonchev–Trinajstić information content (AvgIpc) is 2.47. The summed E-state index contributed by atoms with van der Waals surface area (Å²) in [7, 11) is 0. The van der Waals surface area contributed by atoms with Crippen LogP contribution in [0, 0.1) is 5.92 Å². The Kier molecular flexibility index (Phi) is 2.60. The number of hydrogen-bond donors (Lipinski definition) is 1. The molecule has 2 aliphatic rings. The zero-order chi connectivity index (χ0) is 8.93. The largest absolute Gasteiger partial charge is 0.282 e. The van der Waals surface area contributed by atoms with Crippen LogP contribution in [0.3, 0.4) is 0 Å². The summed E-state index contributed by atoms with van der Waals surface area (Å²) in [4.78, 5) is 0. The maximum Gasteiger partial charge on any atom is 0.0472 e. The van der Waals surface area contributed by atoms with Crippen LogP contribution in [0.4, 0.5) is 0 Å². The molecule has 0 spiro atoms. The highest BCUT2D eigenvalue weighted by atomic mass is 15.3. The van der Waals surface area contributed by atoms with Crippen LogP contribution in [0.1, 0.15) is 19.3 Å². The van der Waals surface area contributed by atoms with Gasteiger partial charge >= 0.3 is 0 Å². The van der Waals surface area contributed by atoms with Gasteiger partial charge in [-0.1, -0.05) is 18.2 Å². The van der Waals surface area contributed by atoms with E-state index in [9.17, 15) is 0 Å². The summed E-state index contributed by atoms with van der Waals surface area (Å²) in [6, 6.07) is 0. The highest BCUT2D eigenvalue weighted by Gasteiger charge is 2.12. The number of nitrogens with zero attached hydrogens (tertiary/aromatic N) is 1. The number of rotatable bonds is 1. The van der Waals surface area contributed by atoms with E-state index in [1.165, 1.54) is 25.0 Å². The zero-order valence-corrected chi connectivity index (χ0v) is 7.61. The SMILES string of the molecule is C1=CC=C(C2C=CCCC2)NN=C1. The van der Waals surface area contributed by atoms with Gasteiger partial charge in [-0.3, -0.25) is 5.43 Å². The standard InChI is InChI=1S/C11H14N2/c1-2-6-10(7-3-1)11-8-4-5-9-12-13-11/h2,4-6,8-10,13H,1,3,7H2. The van der Waals surface area contributed by atoms with Gasteiger partial charge in [-0.15, -0.1) is 0 Å². The van der Waals surface area contributed by atoms with Crippen LogP contribution in [0.25, 0.3) is 0 Å². The van der Waals surface area contributed by atoms with Crippen molar-refractivity contribution in [1.82, 2.24) is 5.43 Å². The van der Waals surface area contributed by atoms with E-state index in [0.29, 0.717) is 5.92 Å². The summed E-state index contributed by atoms with van der Waals surface area (Å²) in [5.74, 6) is 0.536. The molecule has 68 valence electrons. The molecule has 2 rings (SSSR count). The van der Waals surface area contributed by atoms with Gasteiger partial charge in [0.25, 0.3) is 0 Å². The Morgan fingerprint density at radius 2 is 2.38 bits per heavy atom. The molecule has 0 radical (unpaired) electrons. The van der Waals surface area contributed by atoms with Crippen LogP contribution in [0.5, 0.6) is 0 Å². The molecule has 0 aromatic rings. The Hall–Kier alpha value is -1.31. The molecule has 1 N–H and O–H groups in total. The molecule has 0 aromatic heterocycles. The van der Waals surface area contributed by atoms with Crippen molar-refractivity contribution in [3.05, 3.63) is 36.1 Å². The molecule has 1 unspecified atom stereocenters. The van der Waals surface area contributed by atoms with Gasteiger partial charge in [-0.25, -0.2) is 0 Å². The van der Waals surface area contributed by atoms with Crippen LogP contribution in [0.15, 0.2) is 41.2 Å². The van der Waals surface area contributed by atoms with Crippen molar-refractivity contribution in [2.45, 2.75) is 19.3 Å². The van der Waals surface area contributed by atoms with Crippen LogP contribution >= 0.6 is 0 Å². The molecule has 0 saturated heterocycles. The Labute approximate surface area is 78.7 Å². The predicted molar refractivity (Wildman–Crippen MR) is 55.3 cm³/mol. The van der Waals surface area contributed by atoms with Crippen molar-refractivity contribution in [3.63, 3.8) is 0 Å². The predicted octanol–water partition coefficient (Wildman–Crippen LogP) is 2.37. The molecular formula is C11H14N2. The Bertz CT molecular complexity index is 284. The van der Waals surface area contributed by atoms with E-state index in [0.717, 1.165) is 0 Å². The minimum atomic E-state index is 0.536. The van der Waals surface area contributed by atoms with Crippen LogP contribution in [-0.2, 0) is 0 Å². The van der Waals surface area contributed by atoms with Gasteiger partial charge in [-0.05, 0) is 31.4 Å². The van der Waals surface area contributed by atoms with Crippen molar-refractivity contribution < 1.29 is 0 Å². The molecule has 1 heterocycles. The van der Waals surface area contributed by atoms with Gasteiger partial charge in [-0.2, -0.15) is 5.10 Å². The second kappa shape index (κ2) is 4.08. The first kappa shape index (κ1) is 8.30. The van der Waals surface area contributed by atoms with Crippen molar-refractivity contribution in [2.24, 2.45) is 11.0 Å². The number of nitrogens with one attached hydrogen (secondary N) is 1. The molecule has 2 nitrogen and oxygen atoms in total. The summed E-state index contributed by atoms with van der Waals surface area (Å²) in [6.45, 7) is 0. The van der Waals surface area contributed by atoms with E-state index in [2.05, 4.69) is 28.8 Å². The zero-order valence-electron chi connectivity index (χ0n) is 7.61. The summed E-state index contributed by atoms with van der Waals surface area (Å²) >= 11 is 0. The van der Waals surface area contributed by atoms with Crippen LogP contribution in [0.2, 0.25) is 0 Å². The fourth-order valence-electron chi connectivity index (χ4n) is 1.68. The summed E-state index contributed by atoms with van der Waals surface area (Å²) in [6.07, 6.45) is 16.1. The first-order valence-electron chi connectivity index (χ1n) is 4.79. The van der Waals surface area contributed by atoms with Crippen molar-refractivity contribution in [3.8, 4) is 0 Å². The summed E-state index contributed by atoms with van der Waals surface area (Å²) in [5, 5.41) is 4.06. The molecular weight excluding hydrogens is 160 g/mol. The first-order valence-corrected chi connectivity index (χ1v) is 4.79. The number of allylic oxidation sites excluding steroid dienone is 5. The molecule has 1 atom stereocenters. The quantitative estimate of drug-likeness (QED) is 0.606. The maximum atomic E-state index is 4.06. The van der Waals surface area contributed by atoms with E-state index in [1.54, 1.807) is 6.21 Å². The molecule has 2 heteroatoms. The van der Waals surface area contributed by atoms with Crippen LogP contribution in [-0.4, -0.2) is 6.21 Å². The van der Waals surface area contributed by atoms with E-state index < -0.39 is 0 Å². The van der Waals surface area contributed by atoms with E-state index in [4.69, 9.17) is 0 Å². The van der Waals surface area contributed by atoms with E-state index in [-0.39, 0.29) is 0 Å². The average molecular weight is 174 g/mol. The number of hydrogen-bond acceptors (Lipinski definition) is 2. The molecule has 0 fully saturated rings. The summed E-state index contributed by atoms with van der Waals surface area (Å²) < 4.78 is 0. The Balaban J connectivity index is 2.10. The second-order valence-corrected chi connectivity index (χ2v) is 3.36. The van der Waals surface area contributed by atoms with Gasteiger partial charge in [0.1, 0.15) is 0 Å². The highest BCUT2D eigenvalue weighted by Crippen LogP contribution is 2.23. The molecule has 0 saturated carbocycles. The van der Waals surface area contributed by atoms with Gasteiger partial charge in [0.2, 0.25) is 0 Å². The molecule has 13 heavy (non-hydrogen) atoms. The van der Waals surface area contributed by atoms with Gasteiger partial charge < -0.3 is 0 Å². The van der Waals surface area contributed by atoms with Crippen LogP contribution < -0.4 is 5.43 Å². The maximum absolute atomic E-state index is 4.06.